The molecule has 1 atom stereocenters. The van der Waals surface area contributed by atoms with Crippen molar-refractivity contribution in [2.24, 2.45) is 0 Å². The van der Waals surface area contributed by atoms with Gasteiger partial charge in [0.2, 0.25) is 21.8 Å². The lowest BCUT2D eigenvalue weighted by atomic mass is 10.1. The number of aryl methyl sites for hydroxylation is 2. The first-order valence-electron chi connectivity index (χ1n) is 11.3. The van der Waals surface area contributed by atoms with Crippen LogP contribution in [0.5, 0.6) is 0 Å². The largest absolute Gasteiger partial charge is 0.341 e. The Morgan fingerprint density at radius 3 is 2.39 bits per heavy atom. The van der Waals surface area contributed by atoms with E-state index in [9.17, 15) is 18.0 Å². The van der Waals surface area contributed by atoms with Crippen LogP contribution in [0.25, 0.3) is 6.08 Å². The topological polar surface area (TPSA) is 86.8 Å². The third kappa shape index (κ3) is 5.34. The minimum absolute atomic E-state index is 0.217. The Labute approximate surface area is 195 Å². The molecule has 0 radical (unpaired) electrons. The van der Waals surface area contributed by atoms with Gasteiger partial charge < -0.3 is 10.2 Å². The minimum atomic E-state index is -3.59. The van der Waals surface area contributed by atoms with Crippen LogP contribution in [0.1, 0.15) is 30.0 Å². The normalized spacial score (nSPS) is 17.7. The van der Waals surface area contributed by atoms with Gasteiger partial charge in [-0.15, -0.1) is 0 Å². The Hall–Kier alpha value is -2.97. The fraction of sp³-hybridized carbons (Fsp3) is 0.360. The van der Waals surface area contributed by atoms with E-state index in [0.717, 1.165) is 30.4 Å². The van der Waals surface area contributed by atoms with Crippen molar-refractivity contribution in [1.82, 2.24) is 14.5 Å². The summed E-state index contributed by atoms with van der Waals surface area (Å²) >= 11 is 0. The maximum atomic E-state index is 13.1. The predicted octanol–water partition coefficient (Wildman–Crippen LogP) is 2.23. The summed E-state index contributed by atoms with van der Waals surface area (Å²) in [6.07, 6.45) is 6.09. The van der Waals surface area contributed by atoms with Crippen molar-refractivity contribution >= 4 is 27.9 Å². The minimum Gasteiger partial charge on any atom is -0.341 e. The number of carbonyl (C=O) groups excluding carboxylic acids is 2. The number of hydrogen-bond donors (Lipinski definition) is 1. The van der Waals surface area contributed by atoms with E-state index in [1.165, 1.54) is 15.9 Å². The standard InChI is InChI=1S/C25H29N3O4S/c1-19(26-24(29)13-10-20-6-3-2-4-7-20)25(30)27-14-16-28(17-15-27)33(31,32)23-12-11-21-8-5-9-22(21)18-23/h2-4,6-7,10-13,18-19H,5,8-9,14-17H2,1H3,(H,26,29)/b13-10+. The average Bonchev–Trinajstić information content (AvgIpc) is 3.31. The van der Waals surface area contributed by atoms with E-state index in [1.807, 2.05) is 36.4 Å². The number of rotatable bonds is 6. The van der Waals surface area contributed by atoms with E-state index in [1.54, 1.807) is 30.0 Å². The van der Waals surface area contributed by atoms with Crippen LogP contribution in [0.3, 0.4) is 0 Å². The van der Waals surface area contributed by atoms with Gasteiger partial charge in [0.15, 0.2) is 0 Å². The average molecular weight is 468 g/mol. The second-order valence-corrected chi connectivity index (χ2v) is 10.4. The highest BCUT2D eigenvalue weighted by molar-refractivity contribution is 7.89. The third-order valence-electron chi connectivity index (χ3n) is 6.21. The van der Waals surface area contributed by atoms with Gasteiger partial charge in [0, 0.05) is 32.3 Å². The first kappa shape index (κ1) is 23.2. The maximum absolute atomic E-state index is 13.1. The fourth-order valence-electron chi connectivity index (χ4n) is 4.34. The smallest absolute Gasteiger partial charge is 0.244 e. The quantitative estimate of drug-likeness (QED) is 0.660. The number of nitrogens with one attached hydrogen (secondary N) is 1. The lowest BCUT2D eigenvalue weighted by Gasteiger charge is -2.35. The van der Waals surface area contributed by atoms with Crippen LogP contribution >= 0.6 is 0 Å². The van der Waals surface area contributed by atoms with Gasteiger partial charge in [0.05, 0.1) is 4.90 Å². The molecule has 8 heteroatoms. The zero-order valence-corrected chi connectivity index (χ0v) is 19.6. The number of amides is 2. The van der Waals surface area contributed by atoms with E-state index < -0.39 is 16.1 Å². The molecule has 174 valence electrons. The zero-order chi connectivity index (χ0) is 23.4. The summed E-state index contributed by atoms with van der Waals surface area (Å²) in [5, 5.41) is 2.69. The van der Waals surface area contributed by atoms with Crippen molar-refractivity contribution in [3.8, 4) is 0 Å². The van der Waals surface area contributed by atoms with Gasteiger partial charge >= 0.3 is 0 Å². The van der Waals surface area contributed by atoms with Crippen LogP contribution in [-0.4, -0.2) is 61.7 Å². The molecule has 1 unspecified atom stereocenters. The van der Waals surface area contributed by atoms with Crippen molar-refractivity contribution in [2.75, 3.05) is 26.2 Å². The third-order valence-corrected chi connectivity index (χ3v) is 8.11. The highest BCUT2D eigenvalue weighted by Crippen LogP contribution is 2.26. The van der Waals surface area contributed by atoms with Gasteiger partial charge in [0.1, 0.15) is 6.04 Å². The molecule has 1 heterocycles. The van der Waals surface area contributed by atoms with Crippen LogP contribution in [0, 0.1) is 0 Å². The van der Waals surface area contributed by atoms with Crippen LogP contribution in [0.2, 0.25) is 0 Å². The van der Waals surface area contributed by atoms with Gasteiger partial charge in [-0.05, 0) is 61.1 Å². The van der Waals surface area contributed by atoms with Crippen molar-refractivity contribution in [2.45, 2.75) is 37.1 Å². The zero-order valence-electron chi connectivity index (χ0n) is 18.7. The summed E-state index contributed by atoms with van der Waals surface area (Å²) in [6.45, 7) is 2.70. The molecule has 1 saturated heterocycles. The van der Waals surface area contributed by atoms with E-state index in [2.05, 4.69) is 5.32 Å². The summed E-state index contributed by atoms with van der Waals surface area (Å²) < 4.78 is 27.6. The monoisotopic (exact) mass is 467 g/mol. The molecular formula is C25H29N3O4S. The Bertz CT molecular complexity index is 1150. The fourth-order valence-corrected chi connectivity index (χ4v) is 5.81. The Kier molecular flexibility index (Phi) is 6.95. The highest BCUT2D eigenvalue weighted by atomic mass is 32.2. The molecule has 7 nitrogen and oxygen atoms in total. The highest BCUT2D eigenvalue weighted by Gasteiger charge is 2.32. The summed E-state index contributed by atoms with van der Waals surface area (Å²) in [6, 6.07) is 14.1. The van der Waals surface area contributed by atoms with Crippen LogP contribution < -0.4 is 5.32 Å². The Balaban J connectivity index is 1.31. The number of sulfonamides is 1. The molecule has 0 aromatic heterocycles. The lowest BCUT2D eigenvalue weighted by Crippen LogP contribution is -2.54. The number of benzene rings is 2. The molecule has 1 aliphatic heterocycles. The van der Waals surface area contributed by atoms with Gasteiger partial charge in [-0.25, -0.2) is 8.42 Å². The second kappa shape index (κ2) is 9.89. The van der Waals surface area contributed by atoms with Crippen molar-refractivity contribution in [3.63, 3.8) is 0 Å². The second-order valence-electron chi connectivity index (χ2n) is 8.49. The molecule has 0 spiro atoms. The molecule has 2 aliphatic rings. The van der Waals surface area contributed by atoms with Gasteiger partial charge in [-0.1, -0.05) is 36.4 Å². The number of fused-ring (bicyclic) bond motifs is 1. The van der Waals surface area contributed by atoms with Crippen molar-refractivity contribution < 1.29 is 18.0 Å². The molecule has 1 aliphatic carbocycles. The Morgan fingerprint density at radius 1 is 0.970 bits per heavy atom. The Morgan fingerprint density at radius 2 is 1.67 bits per heavy atom. The molecule has 1 fully saturated rings. The van der Waals surface area contributed by atoms with Crippen LogP contribution in [0.4, 0.5) is 0 Å². The van der Waals surface area contributed by atoms with Crippen molar-refractivity contribution in [1.29, 1.82) is 0 Å². The van der Waals surface area contributed by atoms with E-state index >= 15 is 0 Å². The predicted molar refractivity (Wildman–Crippen MR) is 127 cm³/mol. The van der Waals surface area contributed by atoms with E-state index in [0.29, 0.717) is 18.0 Å². The van der Waals surface area contributed by atoms with Crippen LogP contribution in [0.15, 0.2) is 59.5 Å². The SMILES string of the molecule is CC(NC(=O)/C=C/c1ccccc1)C(=O)N1CCN(S(=O)(=O)c2ccc3c(c2)CCC3)CC1. The molecule has 2 aromatic rings. The number of carbonyl (C=O) groups is 2. The van der Waals surface area contributed by atoms with Gasteiger partial charge in [-0.3, -0.25) is 9.59 Å². The molecule has 4 rings (SSSR count). The molecule has 1 N–H and O–H groups in total. The first-order valence-corrected chi connectivity index (χ1v) is 12.7. The first-order chi connectivity index (χ1) is 15.8. The van der Waals surface area contributed by atoms with E-state index in [-0.39, 0.29) is 24.9 Å². The summed E-state index contributed by atoms with van der Waals surface area (Å²) in [5.41, 5.74) is 3.25. The molecule has 0 saturated carbocycles. The number of hydrogen-bond acceptors (Lipinski definition) is 4. The summed E-state index contributed by atoms with van der Waals surface area (Å²) in [7, 11) is -3.59. The van der Waals surface area contributed by atoms with Crippen molar-refractivity contribution in [3.05, 3.63) is 71.3 Å². The molecule has 2 aromatic carbocycles. The van der Waals surface area contributed by atoms with Gasteiger partial charge in [-0.2, -0.15) is 4.31 Å². The van der Waals surface area contributed by atoms with Gasteiger partial charge in [0.25, 0.3) is 0 Å². The molecule has 2 amide bonds. The summed E-state index contributed by atoms with van der Waals surface area (Å²) in [4.78, 5) is 26.9. The molecule has 0 bridgehead atoms. The number of nitrogens with zero attached hydrogens (tertiary/aromatic N) is 2. The summed E-state index contributed by atoms with van der Waals surface area (Å²) in [5.74, 6) is -0.566. The van der Waals surface area contributed by atoms with Crippen LogP contribution in [-0.2, 0) is 32.5 Å². The lowest BCUT2D eigenvalue weighted by molar-refractivity contribution is -0.136. The number of piperazine rings is 1. The molecule has 33 heavy (non-hydrogen) atoms. The molecular weight excluding hydrogens is 438 g/mol. The maximum Gasteiger partial charge on any atom is 0.244 e. The van der Waals surface area contributed by atoms with E-state index in [4.69, 9.17) is 0 Å².